The minimum atomic E-state index is -1.26. The van der Waals surface area contributed by atoms with Crippen molar-refractivity contribution in [3.8, 4) is 5.75 Å². The van der Waals surface area contributed by atoms with Gasteiger partial charge in [0.15, 0.2) is 0 Å². The van der Waals surface area contributed by atoms with Gasteiger partial charge in [-0.05, 0) is 60.5 Å². The molecule has 4 aromatic carbocycles. The second-order valence-electron chi connectivity index (χ2n) is 8.17. The average molecular weight is 456 g/mol. The second-order valence-corrected chi connectivity index (χ2v) is 9.62. The first-order valence-electron chi connectivity index (χ1n) is 11.1. The van der Waals surface area contributed by atoms with E-state index < -0.39 is 10.8 Å². The zero-order chi connectivity index (χ0) is 23.2. The molecule has 3 nitrogen and oxygen atoms in total. The first-order chi connectivity index (χ1) is 16.1. The number of methoxy groups -OCH3 is 1. The predicted octanol–water partition coefficient (Wildman–Crippen LogP) is 7.13. The van der Waals surface area contributed by atoms with Crippen LogP contribution in [-0.4, -0.2) is 11.3 Å². The Morgan fingerprint density at radius 1 is 0.788 bits per heavy atom. The summed E-state index contributed by atoms with van der Waals surface area (Å²) in [6, 6.07) is 34.4. The number of ether oxygens (including phenoxy) is 1. The lowest BCUT2D eigenvalue weighted by Gasteiger charge is -2.28. The highest BCUT2D eigenvalue weighted by Crippen LogP contribution is 2.37. The maximum atomic E-state index is 13.5. The summed E-state index contributed by atoms with van der Waals surface area (Å²) in [5, 5.41) is 3.70. The zero-order valence-corrected chi connectivity index (χ0v) is 20.0. The Kier molecular flexibility index (Phi) is 7.26. The first-order valence-corrected chi connectivity index (χ1v) is 12.2. The molecule has 3 atom stereocenters. The van der Waals surface area contributed by atoms with Crippen LogP contribution in [0.3, 0.4) is 0 Å². The van der Waals surface area contributed by atoms with Gasteiger partial charge in [0.1, 0.15) is 5.75 Å². The van der Waals surface area contributed by atoms with Gasteiger partial charge in [-0.2, -0.15) is 0 Å². The van der Waals surface area contributed by atoms with E-state index in [1.165, 1.54) is 5.56 Å². The number of hydrogen-bond acceptors (Lipinski definition) is 3. The third-order valence-corrected chi connectivity index (χ3v) is 7.39. The molecule has 0 aliphatic carbocycles. The van der Waals surface area contributed by atoms with Crippen molar-refractivity contribution in [3.05, 3.63) is 120 Å². The number of nitrogens with one attached hydrogen (secondary N) is 1. The normalized spacial score (nSPS) is 13.7. The Morgan fingerprint density at radius 3 is 2.09 bits per heavy atom. The van der Waals surface area contributed by atoms with Gasteiger partial charge >= 0.3 is 0 Å². The molecule has 0 bridgehead atoms. The van der Waals surface area contributed by atoms with Gasteiger partial charge in [0.2, 0.25) is 0 Å². The number of rotatable bonds is 8. The third kappa shape index (κ3) is 5.35. The van der Waals surface area contributed by atoms with Crippen molar-refractivity contribution in [2.24, 2.45) is 0 Å². The van der Waals surface area contributed by atoms with Crippen molar-refractivity contribution in [3.63, 3.8) is 0 Å². The third-order valence-electron chi connectivity index (χ3n) is 5.92. The molecular weight excluding hydrogens is 426 g/mol. The molecule has 1 N–H and O–H groups in total. The summed E-state index contributed by atoms with van der Waals surface area (Å²) in [4.78, 5) is 1.67. The lowest BCUT2D eigenvalue weighted by molar-refractivity contribution is 0.415. The average Bonchev–Trinajstić information content (AvgIpc) is 2.88. The molecule has 0 fully saturated rings. The summed E-state index contributed by atoms with van der Waals surface area (Å²) in [6.07, 6.45) is 0. The van der Waals surface area contributed by atoms with E-state index in [9.17, 15) is 4.21 Å². The van der Waals surface area contributed by atoms with Crippen LogP contribution in [0, 0.1) is 6.92 Å². The van der Waals surface area contributed by atoms with E-state index in [0.29, 0.717) is 0 Å². The van der Waals surface area contributed by atoms with Crippen LogP contribution in [0.1, 0.15) is 35.6 Å². The molecule has 1 unspecified atom stereocenters. The van der Waals surface area contributed by atoms with E-state index in [-0.39, 0.29) is 12.0 Å². The number of hydrogen-bond donors (Lipinski definition) is 1. The Hall–Kier alpha value is -3.37. The minimum Gasteiger partial charge on any atom is -0.497 e. The molecule has 0 spiro atoms. The monoisotopic (exact) mass is 455 g/mol. The van der Waals surface area contributed by atoms with Crippen molar-refractivity contribution in [1.82, 2.24) is 0 Å². The summed E-state index contributed by atoms with van der Waals surface area (Å²) < 4.78 is 18.9. The van der Waals surface area contributed by atoms with Gasteiger partial charge in [-0.3, -0.25) is 0 Å². The molecule has 4 rings (SSSR count). The molecule has 4 aromatic rings. The Morgan fingerprint density at radius 2 is 1.42 bits per heavy atom. The standard InChI is InChI=1S/C29H29NO2S/c1-21-13-19-26(20-14-21)33(31)28-12-8-7-11-27(28)22(2)29(23-9-5-4-6-10-23)30-24-15-17-25(32-3)18-16-24/h4-20,22,29-30H,1-3H3/t22-,29-,33?/m0/s1. The van der Waals surface area contributed by atoms with Crippen LogP contribution in [0.5, 0.6) is 5.75 Å². The lowest BCUT2D eigenvalue weighted by atomic mass is 9.88. The number of benzene rings is 4. The van der Waals surface area contributed by atoms with Gasteiger partial charge < -0.3 is 10.1 Å². The quantitative estimate of drug-likeness (QED) is 0.307. The van der Waals surface area contributed by atoms with Crippen molar-refractivity contribution in [2.45, 2.75) is 35.6 Å². The van der Waals surface area contributed by atoms with Crippen LogP contribution in [0.25, 0.3) is 0 Å². The van der Waals surface area contributed by atoms with E-state index in [0.717, 1.165) is 32.4 Å². The highest BCUT2D eigenvalue weighted by atomic mass is 32.2. The molecule has 0 amide bonds. The predicted molar refractivity (Wildman–Crippen MR) is 137 cm³/mol. The minimum absolute atomic E-state index is 0.00392. The van der Waals surface area contributed by atoms with Crippen LogP contribution < -0.4 is 10.1 Å². The summed E-state index contributed by atoms with van der Waals surface area (Å²) in [5.74, 6) is 0.892. The lowest BCUT2D eigenvalue weighted by Crippen LogP contribution is -2.19. The van der Waals surface area contributed by atoms with Crippen molar-refractivity contribution < 1.29 is 8.95 Å². The van der Waals surface area contributed by atoms with Crippen LogP contribution in [-0.2, 0) is 10.8 Å². The molecule has 0 saturated heterocycles. The fourth-order valence-corrected chi connectivity index (χ4v) is 5.33. The van der Waals surface area contributed by atoms with E-state index in [1.807, 2.05) is 79.7 Å². The molecular formula is C29H29NO2S. The molecule has 4 heteroatoms. The van der Waals surface area contributed by atoms with Gasteiger partial charge in [0, 0.05) is 21.4 Å². The number of aryl methyl sites for hydroxylation is 1. The van der Waals surface area contributed by atoms with Gasteiger partial charge in [-0.25, -0.2) is 4.21 Å². The molecule has 0 aromatic heterocycles. The largest absolute Gasteiger partial charge is 0.497 e. The van der Waals surface area contributed by atoms with Crippen molar-refractivity contribution >= 4 is 16.5 Å². The van der Waals surface area contributed by atoms with Crippen molar-refractivity contribution in [1.29, 1.82) is 0 Å². The first kappa shape index (κ1) is 22.8. The van der Waals surface area contributed by atoms with Gasteiger partial charge in [-0.15, -0.1) is 0 Å². The summed E-state index contributed by atoms with van der Waals surface area (Å²) in [7, 11) is 0.414. The fraction of sp³-hybridized carbons (Fsp3) is 0.172. The molecule has 0 radical (unpaired) electrons. The van der Waals surface area contributed by atoms with Crippen molar-refractivity contribution in [2.75, 3.05) is 12.4 Å². The van der Waals surface area contributed by atoms with Crippen LogP contribution in [0.2, 0.25) is 0 Å². The Labute approximate surface area is 198 Å². The highest BCUT2D eigenvalue weighted by molar-refractivity contribution is 7.85. The van der Waals surface area contributed by atoms with Crippen LogP contribution in [0.4, 0.5) is 5.69 Å². The smallest absolute Gasteiger partial charge is 0.119 e. The second kappa shape index (κ2) is 10.5. The van der Waals surface area contributed by atoms with E-state index in [2.05, 4.69) is 42.6 Å². The topological polar surface area (TPSA) is 38.3 Å². The zero-order valence-electron chi connectivity index (χ0n) is 19.2. The van der Waals surface area contributed by atoms with Crippen LogP contribution >= 0.6 is 0 Å². The maximum absolute atomic E-state index is 13.5. The molecule has 168 valence electrons. The van der Waals surface area contributed by atoms with Gasteiger partial charge in [0.25, 0.3) is 0 Å². The molecule has 0 saturated carbocycles. The number of anilines is 1. The summed E-state index contributed by atoms with van der Waals surface area (Å²) >= 11 is 0. The van der Waals surface area contributed by atoms with E-state index >= 15 is 0 Å². The van der Waals surface area contributed by atoms with Gasteiger partial charge in [-0.1, -0.05) is 73.2 Å². The molecule has 33 heavy (non-hydrogen) atoms. The Balaban J connectivity index is 1.71. The van der Waals surface area contributed by atoms with E-state index in [1.54, 1.807) is 7.11 Å². The summed E-state index contributed by atoms with van der Waals surface area (Å²) in [6.45, 7) is 4.23. The van der Waals surface area contributed by atoms with Gasteiger partial charge in [0.05, 0.1) is 24.0 Å². The maximum Gasteiger partial charge on any atom is 0.119 e. The highest BCUT2D eigenvalue weighted by Gasteiger charge is 2.25. The molecule has 0 heterocycles. The van der Waals surface area contributed by atoms with Crippen LogP contribution in [0.15, 0.2) is 113 Å². The van der Waals surface area contributed by atoms with E-state index in [4.69, 9.17) is 4.74 Å². The molecule has 0 aliphatic rings. The fourth-order valence-electron chi connectivity index (χ4n) is 4.02. The summed E-state index contributed by atoms with van der Waals surface area (Å²) in [5.41, 5.74) is 4.42. The SMILES string of the molecule is COc1ccc(N[C@H](c2ccccc2)[C@@H](C)c2ccccc2S(=O)c2ccc(C)cc2)cc1. The molecule has 0 aliphatic heterocycles. The Bertz CT molecular complexity index is 1200.